The van der Waals surface area contributed by atoms with E-state index >= 15 is 0 Å². The minimum atomic E-state index is -4.63. The van der Waals surface area contributed by atoms with Gasteiger partial charge in [-0.15, -0.1) is 0 Å². The summed E-state index contributed by atoms with van der Waals surface area (Å²) >= 11 is 0. The Balaban J connectivity index is 3.92. The van der Waals surface area contributed by atoms with Crippen LogP contribution in [0.2, 0.25) is 0 Å². The number of rotatable bonds is 58. The molecule has 0 saturated heterocycles. The van der Waals surface area contributed by atoms with Crippen molar-refractivity contribution in [2.45, 2.75) is 302 Å². The van der Waals surface area contributed by atoms with Crippen molar-refractivity contribution in [2.75, 3.05) is 47.5 Å². The molecule has 0 aromatic carbocycles. The molecule has 0 aromatic heterocycles. The van der Waals surface area contributed by atoms with E-state index in [4.69, 9.17) is 18.5 Å². The van der Waals surface area contributed by atoms with Gasteiger partial charge < -0.3 is 27.9 Å². The smallest absolute Gasteiger partial charge is 0.306 e. The summed E-state index contributed by atoms with van der Waals surface area (Å²) in [5.41, 5.74) is 0. The molecule has 0 radical (unpaired) electrons. The van der Waals surface area contributed by atoms with Gasteiger partial charge in [0.05, 0.1) is 27.7 Å². The lowest BCUT2D eigenvalue weighted by atomic mass is 10.0. The third-order valence-corrected chi connectivity index (χ3v) is 14.8. The van der Waals surface area contributed by atoms with Crippen LogP contribution in [-0.4, -0.2) is 70.0 Å². The van der Waals surface area contributed by atoms with Crippen LogP contribution in [0.15, 0.2) is 48.6 Å². The molecule has 0 spiro atoms. The fourth-order valence-electron chi connectivity index (χ4n) is 8.95. The lowest BCUT2D eigenvalue weighted by molar-refractivity contribution is -0.870. The van der Waals surface area contributed by atoms with Gasteiger partial charge in [-0.2, -0.15) is 0 Å². The average Bonchev–Trinajstić information content (AvgIpc) is 3.36. The van der Waals surface area contributed by atoms with Crippen molar-refractivity contribution >= 4 is 19.8 Å². The number of nitrogens with zero attached hydrogens (tertiary/aromatic N) is 1. The Kier molecular flexibility index (Phi) is 54.2. The van der Waals surface area contributed by atoms with Crippen molar-refractivity contribution in [1.82, 2.24) is 0 Å². The van der Waals surface area contributed by atoms with Gasteiger partial charge in [0.1, 0.15) is 19.8 Å². The molecule has 434 valence electrons. The Morgan fingerprint density at radius 3 is 1.11 bits per heavy atom. The second-order valence-electron chi connectivity index (χ2n) is 22.4. The highest BCUT2D eigenvalue weighted by atomic mass is 31.2. The molecule has 0 aliphatic carbocycles. The summed E-state index contributed by atoms with van der Waals surface area (Å²) in [6.07, 6.45) is 70.5. The number of hydrogen-bond acceptors (Lipinski definition) is 8. The maximum absolute atomic E-state index is 12.8. The highest BCUT2D eigenvalue weighted by Gasteiger charge is 2.22. The Labute approximate surface area is 458 Å². The van der Waals surface area contributed by atoms with Crippen LogP contribution >= 0.6 is 7.82 Å². The largest absolute Gasteiger partial charge is 0.756 e. The zero-order chi connectivity index (χ0) is 54.2. The van der Waals surface area contributed by atoms with E-state index in [1.807, 2.05) is 21.1 Å². The van der Waals surface area contributed by atoms with Gasteiger partial charge in [0.2, 0.25) is 0 Å². The van der Waals surface area contributed by atoms with Crippen molar-refractivity contribution in [2.24, 2.45) is 0 Å². The maximum atomic E-state index is 12.8. The lowest BCUT2D eigenvalue weighted by Gasteiger charge is -2.28. The van der Waals surface area contributed by atoms with E-state index in [1.54, 1.807) is 0 Å². The Hall–Kier alpha value is -2.03. The molecule has 10 heteroatoms. The van der Waals surface area contributed by atoms with E-state index in [0.29, 0.717) is 17.4 Å². The predicted octanol–water partition coefficient (Wildman–Crippen LogP) is 19.1. The number of hydrogen-bond donors (Lipinski definition) is 0. The number of likely N-dealkylation sites (N-methyl/N-ethyl adjacent to an activating group) is 1. The number of quaternary nitrogens is 1. The number of allylic oxidation sites excluding steroid dienone is 8. The SMILES string of the molecule is CCCCCC/C=C\CCCCCCCC(=O)OCC(COP(=O)([O-])OCC[N+](C)(C)C)OC(=O)CCCCCCCCCCCCCCCCCCCCCCCC/C=C\C/C=C\C/C=C\CCCCCCC. The van der Waals surface area contributed by atoms with E-state index in [0.717, 1.165) is 64.2 Å². The molecule has 2 unspecified atom stereocenters. The zero-order valence-corrected chi connectivity index (χ0v) is 50.2. The molecule has 0 amide bonds. The van der Waals surface area contributed by atoms with Crippen molar-refractivity contribution in [3.8, 4) is 0 Å². The molecule has 0 aliphatic rings. The van der Waals surface area contributed by atoms with E-state index < -0.39 is 26.5 Å². The first-order chi connectivity index (χ1) is 36.0. The molecule has 0 aromatic rings. The lowest BCUT2D eigenvalue weighted by Crippen LogP contribution is -2.37. The van der Waals surface area contributed by atoms with Crippen LogP contribution in [0.5, 0.6) is 0 Å². The first-order valence-corrected chi connectivity index (χ1v) is 32.8. The van der Waals surface area contributed by atoms with Gasteiger partial charge in [0, 0.05) is 12.8 Å². The van der Waals surface area contributed by atoms with Gasteiger partial charge in [0.25, 0.3) is 7.82 Å². The third kappa shape index (κ3) is 59.2. The average molecular weight is 1060 g/mol. The Bertz CT molecular complexity index is 1390. The molecular formula is C64H120NO8P. The summed E-state index contributed by atoms with van der Waals surface area (Å²) < 4.78 is 34.1. The fraction of sp³-hybridized carbons (Fsp3) is 0.844. The zero-order valence-electron chi connectivity index (χ0n) is 49.3. The van der Waals surface area contributed by atoms with Gasteiger partial charge in [-0.25, -0.2) is 0 Å². The Morgan fingerprint density at radius 2 is 0.730 bits per heavy atom. The van der Waals surface area contributed by atoms with Crippen LogP contribution in [-0.2, 0) is 32.7 Å². The predicted molar refractivity (Wildman–Crippen MR) is 314 cm³/mol. The van der Waals surface area contributed by atoms with Crippen molar-refractivity contribution in [1.29, 1.82) is 0 Å². The van der Waals surface area contributed by atoms with E-state index in [2.05, 4.69) is 62.5 Å². The number of carbonyl (C=O) groups excluding carboxylic acids is 2. The summed E-state index contributed by atoms with van der Waals surface area (Å²) in [5.74, 6) is -0.833. The summed E-state index contributed by atoms with van der Waals surface area (Å²) in [6.45, 7) is 4.23. The summed E-state index contributed by atoms with van der Waals surface area (Å²) in [7, 11) is 1.17. The quantitative estimate of drug-likeness (QED) is 0.0195. The maximum Gasteiger partial charge on any atom is 0.306 e. The number of unbranched alkanes of at least 4 members (excludes halogenated alkanes) is 36. The number of phosphoric ester groups is 1. The standard InChI is InChI=1S/C64H120NO8P/c1-6-8-10-12-14-16-18-20-21-22-23-24-25-26-27-28-29-30-31-32-33-34-35-36-37-38-39-40-41-42-43-45-47-49-51-53-55-57-64(67)73-62(61-72-74(68,69)71-59-58-65(3,4)5)60-70-63(66)56-54-52-50-48-46-44-19-17-15-13-11-9-7-2/h17-20,22-23,25-26,62H,6-16,21,24,27-61H2,1-5H3/b19-17-,20-18-,23-22-,26-25-. The molecule has 0 fully saturated rings. The molecule has 0 rings (SSSR count). The van der Waals surface area contributed by atoms with Crippen molar-refractivity contribution < 1.29 is 42.1 Å². The molecular weight excluding hydrogens is 942 g/mol. The molecule has 0 N–H and O–H groups in total. The summed E-state index contributed by atoms with van der Waals surface area (Å²) in [5, 5.41) is 0. The van der Waals surface area contributed by atoms with Crippen molar-refractivity contribution in [3.05, 3.63) is 48.6 Å². The van der Waals surface area contributed by atoms with E-state index in [9.17, 15) is 19.0 Å². The number of ether oxygens (including phenoxy) is 2. The van der Waals surface area contributed by atoms with E-state index in [1.165, 1.54) is 199 Å². The first kappa shape index (κ1) is 72.0. The number of esters is 2. The molecule has 0 bridgehead atoms. The minimum Gasteiger partial charge on any atom is -0.756 e. The molecule has 74 heavy (non-hydrogen) atoms. The molecule has 9 nitrogen and oxygen atoms in total. The van der Waals surface area contributed by atoms with Gasteiger partial charge in [-0.3, -0.25) is 14.2 Å². The topological polar surface area (TPSA) is 111 Å². The van der Waals surface area contributed by atoms with Gasteiger partial charge in [0.15, 0.2) is 6.10 Å². The fourth-order valence-corrected chi connectivity index (χ4v) is 9.68. The van der Waals surface area contributed by atoms with Crippen LogP contribution < -0.4 is 4.89 Å². The summed E-state index contributed by atoms with van der Waals surface area (Å²) in [4.78, 5) is 37.8. The van der Waals surface area contributed by atoms with Gasteiger partial charge >= 0.3 is 11.9 Å². The summed E-state index contributed by atoms with van der Waals surface area (Å²) in [6, 6.07) is 0. The Morgan fingerprint density at radius 1 is 0.419 bits per heavy atom. The second kappa shape index (κ2) is 55.7. The third-order valence-electron chi connectivity index (χ3n) is 13.8. The van der Waals surface area contributed by atoms with Gasteiger partial charge in [-0.05, 0) is 77.0 Å². The van der Waals surface area contributed by atoms with Crippen LogP contribution in [0.4, 0.5) is 0 Å². The van der Waals surface area contributed by atoms with Crippen LogP contribution in [0.25, 0.3) is 0 Å². The molecule has 2 atom stereocenters. The minimum absolute atomic E-state index is 0.0307. The second-order valence-corrected chi connectivity index (χ2v) is 23.8. The van der Waals surface area contributed by atoms with Crippen LogP contribution in [0.3, 0.4) is 0 Å². The van der Waals surface area contributed by atoms with Crippen molar-refractivity contribution in [3.63, 3.8) is 0 Å². The van der Waals surface area contributed by atoms with Crippen LogP contribution in [0.1, 0.15) is 296 Å². The van der Waals surface area contributed by atoms with Crippen LogP contribution in [0, 0.1) is 0 Å². The highest BCUT2D eigenvalue weighted by molar-refractivity contribution is 7.45. The van der Waals surface area contributed by atoms with Gasteiger partial charge in [-0.1, -0.05) is 255 Å². The molecule has 0 saturated carbocycles. The first-order valence-electron chi connectivity index (χ1n) is 31.3. The highest BCUT2D eigenvalue weighted by Crippen LogP contribution is 2.38. The molecule has 0 heterocycles. The normalized spacial score (nSPS) is 13.5. The van der Waals surface area contributed by atoms with E-state index in [-0.39, 0.29) is 32.0 Å². The monoisotopic (exact) mass is 1060 g/mol. The molecule has 0 aliphatic heterocycles. The number of phosphoric acid groups is 1. The number of carbonyl (C=O) groups is 2.